The largest absolute Gasteiger partial charge is 0.385 e. The number of pyridine rings is 1. The monoisotopic (exact) mass is 386 g/mol. The van der Waals surface area contributed by atoms with Crippen LogP contribution in [0.2, 0.25) is 0 Å². The maximum absolute atomic E-state index is 5.72. The summed E-state index contributed by atoms with van der Waals surface area (Å²) in [7, 11) is 1.74. The summed E-state index contributed by atoms with van der Waals surface area (Å²) in [5.74, 6) is 0. The molecule has 6 heteroatoms. The van der Waals surface area contributed by atoms with E-state index in [2.05, 4.69) is 59.6 Å². The highest BCUT2D eigenvalue weighted by Gasteiger charge is 2.41. The van der Waals surface area contributed by atoms with E-state index in [-0.39, 0.29) is 12.1 Å². The molecule has 5 nitrogen and oxygen atoms in total. The maximum Gasteiger partial charge on any atom is 0.170 e. The van der Waals surface area contributed by atoms with Crippen LogP contribution in [0, 0.1) is 13.8 Å². The van der Waals surface area contributed by atoms with Crippen LogP contribution in [0.3, 0.4) is 0 Å². The van der Waals surface area contributed by atoms with Crippen LogP contribution in [-0.2, 0) is 4.74 Å². The fourth-order valence-electron chi connectivity index (χ4n) is 4.26. The van der Waals surface area contributed by atoms with E-state index in [4.69, 9.17) is 17.0 Å². The van der Waals surface area contributed by atoms with Gasteiger partial charge in [-0.15, -0.1) is 0 Å². The van der Waals surface area contributed by atoms with Gasteiger partial charge in [-0.2, -0.15) is 0 Å². The summed E-state index contributed by atoms with van der Waals surface area (Å²) in [6.07, 6.45) is 2.79. The number of hydrogen-bond acceptors (Lipinski definition) is 3. The lowest BCUT2D eigenvalue weighted by Gasteiger charge is -2.28. The third-order valence-electron chi connectivity index (χ3n) is 5.30. The Balaban J connectivity index is 2.04. The molecule has 0 spiro atoms. The minimum atomic E-state index is 0.0438. The van der Waals surface area contributed by atoms with Crippen molar-refractivity contribution in [1.29, 1.82) is 0 Å². The predicted octanol–water partition coefficient (Wildman–Crippen LogP) is 4.09. The smallest absolute Gasteiger partial charge is 0.170 e. The van der Waals surface area contributed by atoms with Gasteiger partial charge in [-0.1, -0.05) is 6.07 Å². The quantitative estimate of drug-likeness (QED) is 0.573. The van der Waals surface area contributed by atoms with Crippen molar-refractivity contribution in [1.82, 2.24) is 19.8 Å². The molecule has 3 rings (SSSR count). The zero-order valence-corrected chi connectivity index (χ0v) is 17.7. The van der Waals surface area contributed by atoms with Crippen LogP contribution in [0.5, 0.6) is 0 Å². The van der Waals surface area contributed by atoms with E-state index in [1.807, 2.05) is 18.3 Å². The Morgan fingerprint density at radius 2 is 2.07 bits per heavy atom. The van der Waals surface area contributed by atoms with E-state index >= 15 is 0 Å². The Kier molecular flexibility index (Phi) is 6.17. The molecule has 0 bridgehead atoms. The molecule has 0 saturated carbocycles. The van der Waals surface area contributed by atoms with Crippen LogP contribution in [0.1, 0.15) is 61.0 Å². The van der Waals surface area contributed by atoms with Crippen molar-refractivity contribution >= 4 is 17.3 Å². The van der Waals surface area contributed by atoms with Crippen molar-refractivity contribution in [2.24, 2.45) is 0 Å². The normalized spacial score (nSPS) is 19.8. The Labute approximate surface area is 167 Å². The fraction of sp³-hybridized carbons (Fsp3) is 0.524. The highest BCUT2D eigenvalue weighted by molar-refractivity contribution is 7.80. The Hall–Kier alpha value is -1.92. The molecule has 27 heavy (non-hydrogen) atoms. The van der Waals surface area contributed by atoms with Gasteiger partial charge in [0.1, 0.15) is 0 Å². The summed E-state index contributed by atoms with van der Waals surface area (Å²) in [4.78, 5) is 6.92. The number of rotatable bonds is 7. The van der Waals surface area contributed by atoms with Gasteiger partial charge in [0.05, 0.1) is 17.8 Å². The third-order valence-corrected chi connectivity index (χ3v) is 5.66. The van der Waals surface area contributed by atoms with Gasteiger partial charge in [0.15, 0.2) is 5.11 Å². The molecule has 2 aromatic rings. The summed E-state index contributed by atoms with van der Waals surface area (Å²) in [5.41, 5.74) is 4.93. The number of hydrogen-bond donors (Lipinski definition) is 1. The molecule has 0 amide bonds. The molecular formula is C21H30N4OS. The van der Waals surface area contributed by atoms with Crippen molar-refractivity contribution in [3.05, 3.63) is 53.1 Å². The molecule has 0 radical (unpaired) electrons. The molecule has 3 heterocycles. The van der Waals surface area contributed by atoms with Gasteiger partial charge in [0, 0.05) is 43.9 Å². The second-order valence-electron chi connectivity index (χ2n) is 7.46. The molecule has 146 valence electrons. The first-order chi connectivity index (χ1) is 13.0. The van der Waals surface area contributed by atoms with Crippen molar-refractivity contribution in [3.8, 4) is 0 Å². The second kappa shape index (κ2) is 8.40. The molecule has 0 unspecified atom stereocenters. The molecule has 0 aromatic carbocycles. The average Bonchev–Trinajstić information content (AvgIpc) is 3.12. The van der Waals surface area contributed by atoms with E-state index in [9.17, 15) is 0 Å². The first kappa shape index (κ1) is 19.8. The van der Waals surface area contributed by atoms with Crippen molar-refractivity contribution in [2.75, 3.05) is 20.3 Å². The van der Waals surface area contributed by atoms with Crippen molar-refractivity contribution < 1.29 is 4.74 Å². The molecule has 0 aliphatic carbocycles. The molecule has 2 atom stereocenters. The van der Waals surface area contributed by atoms with E-state index in [1.54, 1.807) is 7.11 Å². The second-order valence-corrected chi connectivity index (χ2v) is 7.84. The van der Waals surface area contributed by atoms with Gasteiger partial charge in [-0.25, -0.2) is 0 Å². The molecule has 1 aliphatic rings. The van der Waals surface area contributed by atoms with Gasteiger partial charge >= 0.3 is 0 Å². The lowest BCUT2D eigenvalue weighted by atomic mass is 9.96. The number of aromatic nitrogens is 2. The molecule has 1 fully saturated rings. The summed E-state index contributed by atoms with van der Waals surface area (Å²) in [5, 5.41) is 4.32. The van der Waals surface area contributed by atoms with Crippen LogP contribution >= 0.6 is 12.2 Å². The number of aryl methyl sites for hydroxylation is 1. The first-order valence-corrected chi connectivity index (χ1v) is 10.0. The number of nitrogens with one attached hydrogen (secondary N) is 1. The SMILES string of the molecule is COCCCN1C(=S)N[C@H](c2ccccn2)[C@H]1c1cc(C)n(C(C)C)c1C. The zero-order chi connectivity index (χ0) is 19.6. The predicted molar refractivity (Wildman–Crippen MR) is 113 cm³/mol. The summed E-state index contributed by atoms with van der Waals surface area (Å²) >= 11 is 5.72. The van der Waals surface area contributed by atoms with E-state index < -0.39 is 0 Å². The van der Waals surface area contributed by atoms with Crippen molar-refractivity contribution in [2.45, 2.75) is 52.2 Å². The third kappa shape index (κ3) is 3.87. The maximum atomic E-state index is 5.72. The topological polar surface area (TPSA) is 42.3 Å². The molecule has 2 aromatic heterocycles. The van der Waals surface area contributed by atoms with Crippen LogP contribution < -0.4 is 5.32 Å². The molecule has 1 aliphatic heterocycles. The number of methoxy groups -OCH3 is 1. The highest BCUT2D eigenvalue weighted by atomic mass is 32.1. The number of thiocarbonyl (C=S) groups is 1. The van der Waals surface area contributed by atoms with Gasteiger partial charge in [0.25, 0.3) is 0 Å². The van der Waals surface area contributed by atoms with Crippen molar-refractivity contribution in [3.63, 3.8) is 0 Å². The Morgan fingerprint density at radius 1 is 1.30 bits per heavy atom. The Bertz CT molecular complexity index is 787. The number of nitrogens with zero attached hydrogens (tertiary/aromatic N) is 3. The molecular weight excluding hydrogens is 356 g/mol. The minimum absolute atomic E-state index is 0.0438. The van der Waals surface area contributed by atoms with E-state index in [1.165, 1.54) is 17.0 Å². The zero-order valence-electron chi connectivity index (χ0n) is 16.9. The van der Waals surface area contributed by atoms with Gasteiger partial charge in [-0.3, -0.25) is 4.98 Å². The summed E-state index contributed by atoms with van der Waals surface area (Å²) in [6, 6.07) is 8.98. The average molecular weight is 387 g/mol. The highest BCUT2D eigenvalue weighted by Crippen LogP contribution is 2.41. The van der Waals surface area contributed by atoms with Gasteiger partial charge in [0.2, 0.25) is 0 Å². The van der Waals surface area contributed by atoms with E-state index in [0.717, 1.165) is 30.4 Å². The summed E-state index contributed by atoms with van der Waals surface area (Å²) < 4.78 is 7.66. The lowest BCUT2D eigenvalue weighted by Crippen LogP contribution is -2.31. The number of ether oxygens (including phenoxy) is 1. The first-order valence-electron chi connectivity index (χ1n) is 9.61. The standard InChI is InChI=1S/C21H30N4OS/c1-14(2)25-15(3)13-17(16(25)4)20-19(18-9-6-7-10-22-18)23-21(27)24(20)11-8-12-26-5/h6-7,9-10,13-14,19-20H,8,11-12H2,1-5H3,(H,23,27)/t19-,20-/m1/s1. The van der Waals surface area contributed by atoms with Crippen LogP contribution in [0.4, 0.5) is 0 Å². The lowest BCUT2D eigenvalue weighted by molar-refractivity contribution is 0.180. The molecule has 1 N–H and O–H groups in total. The van der Waals surface area contributed by atoms with E-state index in [0.29, 0.717) is 6.04 Å². The van der Waals surface area contributed by atoms with Crippen LogP contribution in [0.25, 0.3) is 0 Å². The Morgan fingerprint density at radius 3 is 2.67 bits per heavy atom. The van der Waals surface area contributed by atoms with Crippen LogP contribution in [0.15, 0.2) is 30.5 Å². The minimum Gasteiger partial charge on any atom is -0.385 e. The van der Waals surface area contributed by atoms with Gasteiger partial charge < -0.3 is 19.5 Å². The van der Waals surface area contributed by atoms with Gasteiger partial charge in [-0.05, 0) is 70.1 Å². The molecule has 1 saturated heterocycles. The summed E-state index contributed by atoms with van der Waals surface area (Å²) in [6.45, 7) is 10.4. The fourth-order valence-corrected chi connectivity index (χ4v) is 4.59. The van der Waals surface area contributed by atoms with Crippen LogP contribution in [-0.4, -0.2) is 39.8 Å².